The number of amides is 1. The topological polar surface area (TPSA) is 38.1 Å². The number of benzene rings is 1. The molecule has 1 aromatic carbocycles. The van der Waals surface area contributed by atoms with Crippen LogP contribution in [0.25, 0.3) is 5.69 Å². The van der Waals surface area contributed by atoms with Gasteiger partial charge in [-0.1, -0.05) is 41.3 Å². The minimum atomic E-state index is -0.126. The molecule has 0 radical (unpaired) electrons. The molecule has 1 atom stereocenters. The molecule has 4 nitrogen and oxygen atoms in total. The van der Waals surface area contributed by atoms with Crippen LogP contribution in [0.15, 0.2) is 28.6 Å². The molecule has 3 rings (SSSR count). The number of hydrogen-bond acceptors (Lipinski definition) is 5. The van der Waals surface area contributed by atoms with E-state index in [1.165, 1.54) is 23.1 Å². The number of para-hydroxylation sites is 1. The van der Waals surface area contributed by atoms with Crippen LogP contribution >= 0.6 is 35.3 Å². The molecule has 1 aliphatic heterocycles. The van der Waals surface area contributed by atoms with Crippen LogP contribution in [0.4, 0.5) is 0 Å². The predicted molar refractivity (Wildman–Crippen MR) is 98.1 cm³/mol. The fraction of sp³-hybridized carbons (Fsp3) is 0.438. The highest BCUT2D eigenvalue weighted by Gasteiger charge is 2.25. The van der Waals surface area contributed by atoms with Crippen LogP contribution in [0, 0.1) is 10.9 Å². The summed E-state index contributed by atoms with van der Waals surface area (Å²) in [6.07, 6.45) is 2.23. The Balaban J connectivity index is 1.77. The van der Waals surface area contributed by atoms with E-state index in [0.29, 0.717) is 3.95 Å². The van der Waals surface area contributed by atoms with Crippen molar-refractivity contribution >= 4 is 41.2 Å². The largest absolute Gasteiger partial charge is 0.342 e. The molecule has 1 saturated heterocycles. The molecule has 0 N–H and O–H groups in total. The van der Waals surface area contributed by atoms with Crippen molar-refractivity contribution in [3.63, 3.8) is 0 Å². The Morgan fingerprint density at radius 3 is 2.74 bits per heavy atom. The highest BCUT2D eigenvalue weighted by atomic mass is 32.2. The van der Waals surface area contributed by atoms with Gasteiger partial charge in [-0.2, -0.15) is 0 Å². The van der Waals surface area contributed by atoms with Crippen LogP contribution in [-0.2, 0) is 4.79 Å². The molecule has 0 unspecified atom stereocenters. The number of rotatable bonds is 4. The predicted octanol–water partition coefficient (Wildman–Crippen LogP) is 4.07. The summed E-state index contributed by atoms with van der Waals surface area (Å²) in [6.45, 7) is 5.77. The van der Waals surface area contributed by atoms with Gasteiger partial charge in [0.05, 0.1) is 10.9 Å². The first-order valence-corrected chi connectivity index (χ1v) is 9.78. The van der Waals surface area contributed by atoms with Gasteiger partial charge < -0.3 is 4.90 Å². The van der Waals surface area contributed by atoms with Crippen LogP contribution in [-0.4, -0.2) is 38.9 Å². The molecule has 23 heavy (non-hydrogen) atoms. The normalized spacial score (nSPS) is 15.8. The summed E-state index contributed by atoms with van der Waals surface area (Å²) in [7, 11) is 0. The second-order valence-corrected chi connectivity index (χ2v) is 8.84. The van der Waals surface area contributed by atoms with Gasteiger partial charge in [-0.05, 0) is 50.5 Å². The van der Waals surface area contributed by atoms with E-state index in [9.17, 15) is 4.79 Å². The highest BCUT2D eigenvalue weighted by molar-refractivity contribution is 8.02. The van der Waals surface area contributed by atoms with Crippen molar-refractivity contribution in [2.24, 2.45) is 0 Å². The number of aromatic nitrogens is 2. The van der Waals surface area contributed by atoms with Crippen LogP contribution in [0.5, 0.6) is 0 Å². The molecule has 1 fully saturated rings. The standard InChI is InChI=1S/C16H19N3OS3/c1-11-7-3-4-8-13(11)19-16(21)23-15(17-19)22-12(2)14(20)18-9-5-6-10-18/h3-4,7-8,12H,5-6,9-10H2,1-2H3/t12-/m0/s1. The average molecular weight is 366 g/mol. The molecule has 0 bridgehead atoms. The van der Waals surface area contributed by atoms with Crippen LogP contribution in [0.3, 0.4) is 0 Å². The number of hydrogen-bond donors (Lipinski definition) is 0. The lowest BCUT2D eigenvalue weighted by Gasteiger charge is -2.18. The van der Waals surface area contributed by atoms with Crippen molar-refractivity contribution in [2.75, 3.05) is 13.1 Å². The van der Waals surface area contributed by atoms with Gasteiger partial charge >= 0.3 is 0 Å². The molecule has 7 heteroatoms. The minimum Gasteiger partial charge on any atom is -0.342 e. The maximum Gasteiger partial charge on any atom is 0.235 e. The molecular formula is C16H19N3OS3. The van der Waals surface area contributed by atoms with Crippen molar-refractivity contribution in [2.45, 2.75) is 36.3 Å². The molecule has 1 aliphatic rings. The molecule has 0 spiro atoms. The van der Waals surface area contributed by atoms with E-state index < -0.39 is 0 Å². The zero-order valence-corrected chi connectivity index (χ0v) is 15.6. The number of nitrogens with zero attached hydrogens (tertiary/aromatic N) is 3. The van der Waals surface area contributed by atoms with Crippen LogP contribution < -0.4 is 0 Å². The molecule has 0 aliphatic carbocycles. The first kappa shape index (κ1) is 16.7. The first-order chi connectivity index (χ1) is 11.1. The molecule has 2 aromatic rings. The summed E-state index contributed by atoms with van der Waals surface area (Å²) >= 11 is 8.42. The van der Waals surface area contributed by atoms with E-state index in [0.717, 1.165) is 41.5 Å². The van der Waals surface area contributed by atoms with Crippen molar-refractivity contribution in [3.8, 4) is 5.69 Å². The van der Waals surface area contributed by atoms with Crippen molar-refractivity contribution in [3.05, 3.63) is 33.8 Å². The Kier molecular flexibility index (Phi) is 5.18. The molecule has 0 saturated carbocycles. The molecular weight excluding hydrogens is 346 g/mol. The third kappa shape index (κ3) is 3.67. The molecule has 1 amide bonds. The Morgan fingerprint density at radius 2 is 2.04 bits per heavy atom. The highest BCUT2D eigenvalue weighted by Crippen LogP contribution is 2.29. The van der Waals surface area contributed by atoms with Gasteiger partial charge in [0.1, 0.15) is 0 Å². The molecule has 1 aromatic heterocycles. The minimum absolute atomic E-state index is 0.126. The Bertz CT molecular complexity index is 762. The number of thioether (sulfide) groups is 1. The van der Waals surface area contributed by atoms with E-state index in [1.54, 1.807) is 4.68 Å². The van der Waals surface area contributed by atoms with Gasteiger partial charge in [0.15, 0.2) is 8.29 Å². The zero-order chi connectivity index (χ0) is 16.4. The van der Waals surface area contributed by atoms with E-state index >= 15 is 0 Å². The van der Waals surface area contributed by atoms with E-state index in [4.69, 9.17) is 12.2 Å². The fourth-order valence-electron chi connectivity index (χ4n) is 2.66. The van der Waals surface area contributed by atoms with Crippen molar-refractivity contribution in [1.29, 1.82) is 0 Å². The van der Waals surface area contributed by atoms with E-state index in [2.05, 4.69) is 5.10 Å². The lowest BCUT2D eigenvalue weighted by molar-refractivity contribution is -0.129. The number of likely N-dealkylation sites (tertiary alicyclic amines) is 1. The summed E-state index contributed by atoms with van der Waals surface area (Å²) in [5, 5.41) is 4.49. The quantitative estimate of drug-likeness (QED) is 0.604. The van der Waals surface area contributed by atoms with Gasteiger partial charge in [0.25, 0.3) is 0 Å². The summed E-state index contributed by atoms with van der Waals surface area (Å²) in [6, 6.07) is 8.04. The van der Waals surface area contributed by atoms with Gasteiger partial charge in [-0.3, -0.25) is 4.79 Å². The van der Waals surface area contributed by atoms with E-state index in [1.807, 2.05) is 43.0 Å². The zero-order valence-electron chi connectivity index (χ0n) is 13.2. The lowest BCUT2D eigenvalue weighted by Crippen LogP contribution is -2.33. The molecule has 122 valence electrons. The Morgan fingerprint density at radius 1 is 1.35 bits per heavy atom. The van der Waals surface area contributed by atoms with E-state index in [-0.39, 0.29) is 11.2 Å². The van der Waals surface area contributed by atoms with Gasteiger partial charge in [0, 0.05) is 13.1 Å². The molecule has 2 heterocycles. The second kappa shape index (κ2) is 7.15. The smallest absolute Gasteiger partial charge is 0.235 e. The summed E-state index contributed by atoms with van der Waals surface area (Å²) in [4.78, 5) is 14.4. The number of aryl methyl sites for hydroxylation is 1. The van der Waals surface area contributed by atoms with Crippen LogP contribution in [0.2, 0.25) is 0 Å². The van der Waals surface area contributed by atoms with Crippen molar-refractivity contribution < 1.29 is 4.79 Å². The second-order valence-electron chi connectivity index (χ2n) is 5.62. The van der Waals surface area contributed by atoms with Crippen molar-refractivity contribution in [1.82, 2.24) is 14.7 Å². The number of carbonyl (C=O) groups is 1. The van der Waals surface area contributed by atoms with Gasteiger partial charge in [-0.15, -0.1) is 5.10 Å². The van der Waals surface area contributed by atoms with Crippen LogP contribution in [0.1, 0.15) is 25.3 Å². The summed E-state index contributed by atoms with van der Waals surface area (Å²) < 4.78 is 3.35. The lowest BCUT2D eigenvalue weighted by atomic mass is 10.2. The Labute approximate surface area is 149 Å². The number of carbonyl (C=O) groups excluding carboxylic acids is 1. The Hall–Kier alpha value is -1.18. The first-order valence-electron chi connectivity index (χ1n) is 7.68. The SMILES string of the molecule is Cc1ccccc1-n1nc(S[C@@H](C)C(=O)N2CCCC2)sc1=S. The summed E-state index contributed by atoms with van der Waals surface area (Å²) in [5.74, 6) is 0.205. The third-order valence-corrected chi connectivity index (χ3v) is 6.32. The fourth-order valence-corrected chi connectivity index (χ4v) is 5.23. The third-order valence-electron chi connectivity index (χ3n) is 3.92. The monoisotopic (exact) mass is 365 g/mol. The average Bonchev–Trinajstić information content (AvgIpc) is 3.17. The van der Waals surface area contributed by atoms with Gasteiger partial charge in [-0.25, -0.2) is 4.68 Å². The maximum absolute atomic E-state index is 12.4. The summed E-state index contributed by atoms with van der Waals surface area (Å²) in [5.41, 5.74) is 2.13. The van der Waals surface area contributed by atoms with Gasteiger partial charge in [0.2, 0.25) is 5.91 Å². The maximum atomic E-state index is 12.4.